The number of nitrogens with zero attached hydrogens (tertiary/aromatic N) is 2. The van der Waals surface area contributed by atoms with Crippen LogP contribution in [-0.4, -0.2) is 6.21 Å². The Bertz CT molecular complexity index is 335. The highest BCUT2D eigenvalue weighted by molar-refractivity contribution is 9.10. The van der Waals surface area contributed by atoms with Crippen molar-refractivity contribution in [3.63, 3.8) is 0 Å². The molecule has 2 rings (SSSR count). The molecule has 0 bridgehead atoms. The van der Waals surface area contributed by atoms with Gasteiger partial charge in [0, 0.05) is 10.0 Å². The molecule has 1 aliphatic rings. The summed E-state index contributed by atoms with van der Waals surface area (Å²) in [6, 6.07) is 3.15. The van der Waals surface area contributed by atoms with Gasteiger partial charge in [-0.05, 0) is 12.1 Å². The fourth-order valence-corrected chi connectivity index (χ4v) is 1.39. The van der Waals surface area contributed by atoms with Gasteiger partial charge in [-0.2, -0.15) is 5.10 Å². The van der Waals surface area contributed by atoms with Gasteiger partial charge in [-0.1, -0.05) is 15.9 Å². The largest absolute Gasteiger partial charge is 0.204 e. The number of benzene rings is 1. The van der Waals surface area contributed by atoms with Crippen LogP contribution in [0.2, 0.25) is 0 Å². The third-order valence-corrected chi connectivity index (χ3v) is 1.87. The van der Waals surface area contributed by atoms with E-state index in [0.29, 0.717) is 10.2 Å². The van der Waals surface area contributed by atoms with Crippen molar-refractivity contribution in [2.45, 2.75) is 0 Å². The molecule has 1 aliphatic heterocycles. The quantitative estimate of drug-likeness (QED) is 0.632. The van der Waals surface area contributed by atoms with Crippen LogP contribution in [-0.2, 0) is 0 Å². The van der Waals surface area contributed by atoms with Crippen LogP contribution in [0.1, 0.15) is 5.56 Å². The van der Waals surface area contributed by atoms with Crippen molar-refractivity contribution in [2.24, 2.45) is 5.10 Å². The molecule has 1 heterocycles. The monoisotopic (exact) mass is 213 g/mol. The van der Waals surface area contributed by atoms with Gasteiger partial charge in [0.15, 0.2) is 5.82 Å². The van der Waals surface area contributed by atoms with Gasteiger partial charge in [0.1, 0.15) is 5.69 Å². The van der Waals surface area contributed by atoms with Crippen molar-refractivity contribution in [1.29, 1.82) is 0 Å². The van der Waals surface area contributed by atoms with E-state index in [9.17, 15) is 4.39 Å². The van der Waals surface area contributed by atoms with Gasteiger partial charge < -0.3 is 0 Å². The maximum atomic E-state index is 12.9. The molecular formula is C7H3BrFN2. The molecule has 0 aromatic heterocycles. The van der Waals surface area contributed by atoms with Crippen molar-refractivity contribution in [2.75, 3.05) is 0 Å². The number of rotatable bonds is 0. The fraction of sp³-hybridized carbons (Fsp3) is 0. The predicted molar refractivity (Wildman–Crippen MR) is 43.5 cm³/mol. The second kappa shape index (κ2) is 2.30. The van der Waals surface area contributed by atoms with Crippen molar-refractivity contribution >= 4 is 27.8 Å². The summed E-state index contributed by atoms with van der Waals surface area (Å²) in [7, 11) is 0. The second-order valence-electron chi connectivity index (χ2n) is 2.17. The Balaban J connectivity index is 2.66. The average Bonchev–Trinajstić information content (AvgIpc) is 2.34. The molecule has 0 amide bonds. The Morgan fingerprint density at radius 2 is 2.18 bits per heavy atom. The van der Waals surface area contributed by atoms with Crippen LogP contribution >= 0.6 is 15.9 Å². The topological polar surface area (TPSA) is 26.5 Å². The molecule has 0 N–H and O–H groups in total. The highest BCUT2D eigenvalue weighted by atomic mass is 79.9. The minimum Gasteiger partial charge on any atom is -0.204 e. The van der Waals surface area contributed by atoms with Gasteiger partial charge in [-0.25, -0.2) is 4.39 Å². The van der Waals surface area contributed by atoms with Gasteiger partial charge >= 0.3 is 0 Å². The minimum absolute atomic E-state index is 0.327. The third-order valence-electron chi connectivity index (χ3n) is 1.41. The van der Waals surface area contributed by atoms with Gasteiger partial charge in [0.2, 0.25) is 0 Å². The average molecular weight is 214 g/mol. The van der Waals surface area contributed by atoms with Crippen LogP contribution in [0.4, 0.5) is 10.1 Å². The van der Waals surface area contributed by atoms with E-state index in [1.807, 2.05) is 0 Å². The second-order valence-corrected chi connectivity index (χ2v) is 3.09. The van der Waals surface area contributed by atoms with E-state index >= 15 is 0 Å². The molecule has 0 spiro atoms. The first-order chi connectivity index (χ1) is 5.27. The van der Waals surface area contributed by atoms with E-state index in [0.717, 1.165) is 5.56 Å². The number of hydrogen-bond donors (Lipinski definition) is 0. The lowest BCUT2D eigenvalue weighted by Gasteiger charge is -1.97. The summed E-state index contributed by atoms with van der Waals surface area (Å²) >= 11 is 3.17. The summed E-state index contributed by atoms with van der Waals surface area (Å²) in [5.41, 5.74) is 4.66. The van der Waals surface area contributed by atoms with E-state index in [4.69, 9.17) is 0 Å². The van der Waals surface area contributed by atoms with Crippen molar-refractivity contribution < 1.29 is 4.39 Å². The van der Waals surface area contributed by atoms with Crippen molar-refractivity contribution in [3.8, 4) is 0 Å². The zero-order valence-electron chi connectivity index (χ0n) is 5.38. The molecule has 0 fully saturated rings. The Kier molecular flexibility index (Phi) is 1.42. The molecule has 0 aliphatic carbocycles. The van der Waals surface area contributed by atoms with Crippen LogP contribution in [0, 0.1) is 5.82 Å². The van der Waals surface area contributed by atoms with Crippen molar-refractivity contribution in [1.82, 2.24) is 5.43 Å². The van der Waals surface area contributed by atoms with E-state index in [1.165, 1.54) is 12.3 Å². The first-order valence-electron chi connectivity index (χ1n) is 3.00. The molecule has 1 aromatic carbocycles. The lowest BCUT2D eigenvalue weighted by atomic mass is 10.2. The normalized spacial score (nSPS) is 12.9. The van der Waals surface area contributed by atoms with Crippen molar-refractivity contribution in [3.05, 3.63) is 28.0 Å². The fourth-order valence-electron chi connectivity index (χ4n) is 0.939. The molecule has 11 heavy (non-hydrogen) atoms. The Morgan fingerprint density at radius 1 is 1.36 bits per heavy atom. The predicted octanol–water partition coefficient (Wildman–Crippen LogP) is 2.17. The summed E-state index contributed by atoms with van der Waals surface area (Å²) in [4.78, 5) is 0. The summed E-state index contributed by atoms with van der Waals surface area (Å²) < 4.78 is 13.7. The third kappa shape index (κ3) is 1.03. The standard InChI is InChI=1S/C7H3BrFN2/c8-5-1-4-3-10-11-7(4)6(9)2-5/h1-3H. The Hall–Kier alpha value is -0.900. The van der Waals surface area contributed by atoms with Gasteiger partial charge in [0.05, 0.1) is 6.21 Å². The van der Waals surface area contributed by atoms with E-state index in [-0.39, 0.29) is 5.82 Å². The van der Waals surface area contributed by atoms with E-state index in [2.05, 4.69) is 26.5 Å². The van der Waals surface area contributed by atoms with E-state index < -0.39 is 0 Å². The molecule has 0 saturated heterocycles. The number of halogens is 2. The van der Waals surface area contributed by atoms with Gasteiger partial charge in [-0.3, -0.25) is 0 Å². The van der Waals surface area contributed by atoms with E-state index in [1.54, 1.807) is 6.07 Å². The molecule has 0 atom stereocenters. The first-order valence-corrected chi connectivity index (χ1v) is 3.80. The van der Waals surface area contributed by atoms with Crippen LogP contribution in [0.5, 0.6) is 0 Å². The maximum absolute atomic E-state index is 12.9. The van der Waals surface area contributed by atoms with Crippen LogP contribution in [0.15, 0.2) is 21.7 Å². The molecule has 4 heteroatoms. The van der Waals surface area contributed by atoms with Crippen LogP contribution in [0.25, 0.3) is 0 Å². The Labute approximate surface area is 71.2 Å². The smallest absolute Gasteiger partial charge is 0.152 e. The zero-order chi connectivity index (χ0) is 7.84. The maximum Gasteiger partial charge on any atom is 0.152 e. The zero-order valence-corrected chi connectivity index (χ0v) is 6.97. The number of hydrogen-bond acceptors (Lipinski definition) is 1. The summed E-state index contributed by atoms with van der Waals surface area (Å²) in [5.74, 6) is -0.341. The van der Waals surface area contributed by atoms with Crippen LogP contribution in [0.3, 0.4) is 0 Å². The highest BCUT2D eigenvalue weighted by Gasteiger charge is 2.13. The summed E-state index contributed by atoms with van der Waals surface area (Å²) in [5, 5.41) is 3.59. The molecule has 0 unspecified atom stereocenters. The molecular weight excluding hydrogens is 211 g/mol. The molecule has 0 saturated carbocycles. The summed E-state index contributed by atoms with van der Waals surface area (Å²) in [6.07, 6.45) is 1.53. The lowest BCUT2D eigenvalue weighted by molar-refractivity contribution is 0.620. The number of fused-ring (bicyclic) bond motifs is 1. The highest BCUT2D eigenvalue weighted by Crippen LogP contribution is 2.26. The van der Waals surface area contributed by atoms with Crippen LogP contribution < -0.4 is 5.43 Å². The minimum atomic E-state index is -0.341. The first kappa shape index (κ1) is 6.79. The summed E-state index contributed by atoms with van der Waals surface area (Å²) in [6.45, 7) is 0. The lowest BCUT2D eigenvalue weighted by Crippen LogP contribution is -1.87. The molecule has 2 nitrogen and oxygen atoms in total. The molecule has 1 radical (unpaired) electrons. The molecule has 55 valence electrons. The SMILES string of the molecule is Fc1cc(Br)cc2c1[N]N=C2. The van der Waals surface area contributed by atoms with Gasteiger partial charge in [0.25, 0.3) is 0 Å². The van der Waals surface area contributed by atoms with Gasteiger partial charge in [-0.15, -0.1) is 5.43 Å². The molecule has 1 aromatic rings. The Morgan fingerprint density at radius 3 is 3.00 bits per heavy atom.